The zero-order valence-electron chi connectivity index (χ0n) is 30.6. The number of alkyl halides is 1. The van der Waals surface area contributed by atoms with Crippen molar-refractivity contribution in [3.63, 3.8) is 0 Å². The lowest BCUT2D eigenvalue weighted by molar-refractivity contribution is 0.0512. The third-order valence-electron chi connectivity index (χ3n) is 11.2. The Kier molecular flexibility index (Phi) is 10.2. The van der Waals surface area contributed by atoms with Crippen LogP contribution in [0.5, 0.6) is 11.8 Å². The normalized spacial score (nSPS) is 22.7. The van der Waals surface area contributed by atoms with Crippen LogP contribution in [0, 0.1) is 17.5 Å². The number of pyridine rings is 1. The molecule has 14 heteroatoms. The second-order valence-corrected chi connectivity index (χ2v) is 14.7. The molecule has 0 radical (unpaired) electrons. The van der Waals surface area contributed by atoms with Crippen LogP contribution in [0.25, 0.3) is 32.9 Å². The van der Waals surface area contributed by atoms with Crippen molar-refractivity contribution in [1.82, 2.24) is 24.8 Å². The summed E-state index contributed by atoms with van der Waals surface area (Å²) in [5.74, 6) is -3.18. The average Bonchev–Trinajstić information content (AvgIpc) is 3.72. The molecule has 5 aromatic rings. The number of hydrogen-bond donors (Lipinski definition) is 0. The van der Waals surface area contributed by atoms with Crippen LogP contribution in [0.1, 0.15) is 56.2 Å². The highest BCUT2D eigenvalue weighted by Gasteiger charge is 2.49. The summed E-state index contributed by atoms with van der Waals surface area (Å²) in [7, 11) is 1.44. The summed E-state index contributed by atoms with van der Waals surface area (Å²) < 4.78 is 84.4. The van der Waals surface area contributed by atoms with Crippen molar-refractivity contribution < 1.29 is 41.3 Å². The van der Waals surface area contributed by atoms with Crippen LogP contribution in [-0.4, -0.2) is 88.7 Å². The number of methoxy groups -OCH3 is 1. The molecule has 0 spiro atoms. The maximum Gasteiger partial charge on any atom is 0.410 e. The van der Waals surface area contributed by atoms with Crippen LogP contribution in [-0.2, 0) is 16.1 Å². The average molecular weight is 760 g/mol. The number of carbonyl (C=O) groups is 1. The molecule has 4 atom stereocenters. The molecule has 0 bridgehead atoms. The van der Waals surface area contributed by atoms with Crippen LogP contribution >= 0.6 is 0 Å². The maximum absolute atomic E-state index is 17.1. The van der Waals surface area contributed by atoms with E-state index in [9.17, 15) is 13.6 Å². The molecule has 288 valence electrons. The number of rotatable bonds is 10. The Morgan fingerprint density at radius 3 is 2.65 bits per heavy atom. The number of piperidine rings is 1. The number of carbonyl (C=O) groups excluding carboxylic acids is 1. The Balaban J connectivity index is 1.17. The summed E-state index contributed by atoms with van der Waals surface area (Å²) in [5, 5.41) is 0.408. The van der Waals surface area contributed by atoms with Gasteiger partial charge < -0.3 is 23.8 Å². The fourth-order valence-electron chi connectivity index (χ4n) is 8.53. The molecule has 0 N–H and O–H groups in total. The molecule has 55 heavy (non-hydrogen) atoms. The number of halogens is 4. The van der Waals surface area contributed by atoms with Crippen LogP contribution in [0.4, 0.5) is 22.4 Å². The third kappa shape index (κ3) is 7.13. The molecule has 3 aromatic carbocycles. The Labute approximate surface area is 315 Å². The van der Waals surface area contributed by atoms with E-state index < -0.39 is 35.3 Å². The van der Waals surface area contributed by atoms with Gasteiger partial charge in [-0.1, -0.05) is 36.4 Å². The molecular formula is C41H41F4N5O5. The van der Waals surface area contributed by atoms with E-state index in [1.807, 2.05) is 37.3 Å². The van der Waals surface area contributed by atoms with Crippen molar-refractivity contribution in [3.05, 3.63) is 89.5 Å². The zero-order chi connectivity index (χ0) is 38.3. The van der Waals surface area contributed by atoms with Crippen LogP contribution in [0.2, 0.25) is 0 Å². The van der Waals surface area contributed by atoms with Crippen LogP contribution < -0.4 is 9.47 Å². The summed E-state index contributed by atoms with van der Waals surface area (Å²) in [6.07, 6.45) is 2.97. The SMILES string of the molecule is COCOc1cc(-c2ncc3c(C4CCN(C(=O)OCc5ccccc5)[C@H](C)C4)nc(OC[C@@]45CCCN4C[C@H](F)C5)nc3c2F)c2c(F)c(F)ccc2c1. The summed E-state index contributed by atoms with van der Waals surface area (Å²) >= 11 is 0. The molecule has 5 heterocycles. The first-order valence-corrected chi connectivity index (χ1v) is 18.5. The largest absolute Gasteiger partial charge is 0.468 e. The maximum atomic E-state index is 17.1. The summed E-state index contributed by atoms with van der Waals surface area (Å²) in [6, 6.07) is 14.4. The summed E-state index contributed by atoms with van der Waals surface area (Å²) in [4.78, 5) is 30.8. The lowest BCUT2D eigenvalue weighted by Crippen LogP contribution is -2.44. The van der Waals surface area contributed by atoms with Gasteiger partial charge in [-0.15, -0.1) is 0 Å². The minimum atomic E-state index is -1.16. The fourth-order valence-corrected chi connectivity index (χ4v) is 8.53. The van der Waals surface area contributed by atoms with E-state index in [-0.39, 0.29) is 71.3 Å². The molecule has 3 aliphatic heterocycles. The molecular weight excluding hydrogens is 718 g/mol. The van der Waals surface area contributed by atoms with Crippen molar-refractivity contribution in [3.8, 4) is 23.0 Å². The monoisotopic (exact) mass is 759 g/mol. The molecule has 10 nitrogen and oxygen atoms in total. The van der Waals surface area contributed by atoms with E-state index in [1.54, 1.807) is 4.90 Å². The number of amides is 1. The van der Waals surface area contributed by atoms with E-state index >= 15 is 8.78 Å². The van der Waals surface area contributed by atoms with Gasteiger partial charge >= 0.3 is 12.1 Å². The summed E-state index contributed by atoms with van der Waals surface area (Å²) in [6.45, 7) is 3.51. The van der Waals surface area contributed by atoms with Crippen molar-refractivity contribution >= 4 is 27.8 Å². The second kappa shape index (κ2) is 15.2. The van der Waals surface area contributed by atoms with E-state index in [2.05, 4.69) is 14.9 Å². The predicted molar refractivity (Wildman–Crippen MR) is 196 cm³/mol. The standard InChI is InChI=1S/C41H41F4N5O5/c1-24-15-27(11-14-50(24)40(51)53-21-25-7-4-3-5-8-25)36-31-19-46-37(30-17-29(55-23-52-2)16-26-9-10-32(43)34(44)33(26)30)35(45)38(31)48-39(47-36)54-22-41-12-6-13-49(41)20-28(42)18-41/h3-5,7-10,16-17,19,24,27-28H,6,11-15,18,20-23H2,1-2H3/t24-,27?,28-,41+/m1/s1. The van der Waals surface area contributed by atoms with Gasteiger partial charge in [-0.25, -0.2) is 22.4 Å². The number of nitrogens with zero attached hydrogens (tertiary/aromatic N) is 5. The highest BCUT2D eigenvalue weighted by Crippen LogP contribution is 2.42. The van der Waals surface area contributed by atoms with E-state index in [0.717, 1.165) is 31.0 Å². The molecule has 3 fully saturated rings. The Morgan fingerprint density at radius 2 is 1.85 bits per heavy atom. The van der Waals surface area contributed by atoms with Gasteiger partial charge in [-0.3, -0.25) is 9.88 Å². The van der Waals surface area contributed by atoms with Crippen molar-refractivity contribution in [2.24, 2.45) is 0 Å². The van der Waals surface area contributed by atoms with Gasteiger partial charge in [0.2, 0.25) is 0 Å². The number of fused-ring (bicyclic) bond motifs is 3. The lowest BCUT2D eigenvalue weighted by atomic mass is 9.87. The molecule has 3 saturated heterocycles. The first-order chi connectivity index (χ1) is 26.6. The van der Waals surface area contributed by atoms with Gasteiger partial charge in [-0.05, 0) is 68.3 Å². The van der Waals surface area contributed by atoms with Gasteiger partial charge in [-0.2, -0.15) is 9.97 Å². The molecule has 0 saturated carbocycles. The highest BCUT2D eigenvalue weighted by molar-refractivity contribution is 5.99. The van der Waals surface area contributed by atoms with Gasteiger partial charge in [0.1, 0.15) is 36.3 Å². The number of hydrogen-bond acceptors (Lipinski definition) is 9. The zero-order valence-corrected chi connectivity index (χ0v) is 30.6. The number of ether oxygens (including phenoxy) is 4. The van der Waals surface area contributed by atoms with E-state index in [0.29, 0.717) is 43.4 Å². The molecule has 1 amide bonds. The quantitative estimate of drug-likeness (QED) is 0.103. The first-order valence-electron chi connectivity index (χ1n) is 18.5. The van der Waals surface area contributed by atoms with Gasteiger partial charge in [0.25, 0.3) is 0 Å². The molecule has 0 aliphatic carbocycles. The van der Waals surface area contributed by atoms with Crippen molar-refractivity contribution in [2.45, 2.75) is 69.3 Å². The molecule has 3 aliphatic rings. The fraction of sp³-hybridized carbons (Fsp3) is 0.415. The lowest BCUT2D eigenvalue weighted by Gasteiger charge is -2.37. The third-order valence-corrected chi connectivity index (χ3v) is 11.2. The van der Waals surface area contributed by atoms with Crippen molar-refractivity contribution in [1.29, 1.82) is 0 Å². The van der Waals surface area contributed by atoms with E-state index in [4.69, 9.17) is 23.9 Å². The van der Waals surface area contributed by atoms with Gasteiger partial charge in [0.05, 0.1) is 11.2 Å². The first kappa shape index (κ1) is 36.9. The summed E-state index contributed by atoms with van der Waals surface area (Å²) in [5.41, 5.74) is 0.411. The van der Waals surface area contributed by atoms with E-state index in [1.165, 1.54) is 31.5 Å². The number of likely N-dealkylation sites (tertiary alicyclic amines) is 1. The van der Waals surface area contributed by atoms with Crippen LogP contribution in [0.15, 0.2) is 60.8 Å². The minimum Gasteiger partial charge on any atom is -0.468 e. The minimum absolute atomic E-state index is 0.0426. The molecule has 8 rings (SSSR count). The number of aromatic nitrogens is 3. The Bertz CT molecular complexity index is 2230. The topological polar surface area (TPSA) is 99.1 Å². The van der Waals surface area contributed by atoms with Crippen molar-refractivity contribution in [2.75, 3.05) is 40.1 Å². The Morgan fingerprint density at radius 1 is 1.02 bits per heavy atom. The highest BCUT2D eigenvalue weighted by atomic mass is 19.2. The Hall–Kier alpha value is -5.08. The van der Waals surface area contributed by atoms with Gasteiger partial charge in [0, 0.05) is 61.1 Å². The number of benzene rings is 3. The predicted octanol–water partition coefficient (Wildman–Crippen LogP) is 8.10. The second-order valence-electron chi connectivity index (χ2n) is 14.7. The smallest absolute Gasteiger partial charge is 0.410 e. The molecule has 1 unspecified atom stereocenters. The molecule has 2 aromatic heterocycles. The van der Waals surface area contributed by atoms with Crippen LogP contribution in [0.3, 0.4) is 0 Å². The van der Waals surface area contributed by atoms with Gasteiger partial charge in [0.15, 0.2) is 24.2 Å².